The van der Waals surface area contributed by atoms with Gasteiger partial charge in [0.1, 0.15) is 12.7 Å². The lowest BCUT2D eigenvalue weighted by atomic mass is 10.0. The standard InChI is InChI=1S/C66H111O11P/c1-4-7-10-13-16-19-22-25-28-30-31-33-36-39-42-45-48-51-54-57-66(70)77-63(59-73-64(68)55-52-49-46-43-40-37-34-27-24-21-18-15-12-9-6-3)61-75-78(71,72)74-60-62(58-67)76-65(69)56-53-50-47-44-41-38-35-32-29-26-23-20-17-14-11-8-5-2/h7-8,10-11,16-17,19-20,25-26,28-29,31,33,39,42,48,51,62-63,67H,4-6,9,12-15,18,21-24,27,30,32,34-38,40-41,43-47,49-50,52-61H2,1-3H3,(H,71,72)/b10-7-,11-8-,19-16-,20-17-,28-25-,29-26-,33-31-,42-39-,51-48-. The van der Waals surface area contributed by atoms with Gasteiger partial charge in [-0.1, -0.05) is 252 Å². The Bertz CT molecular complexity index is 1720. The summed E-state index contributed by atoms with van der Waals surface area (Å²) in [6.07, 6.45) is 72.0. The molecule has 3 atom stereocenters. The van der Waals surface area contributed by atoms with Crippen LogP contribution < -0.4 is 0 Å². The summed E-state index contributed by atoms with van der Waals surface area (Å²) in [5.74, 6) is -1.58. The van der Waals surface area contributed by atoms with Gasteiger partial charge >= 0.3 is 25.7 Å². The molecule has 12 heteroatoms. The van der Waals surface area contributed by atoms with Gasteiger partial charge in [0, 0.05) is 19.3 Å². The highest BCUT2D eigenvalue weighted by atomic mass is 31.2. The fraction of sp³-hybridized carbons (Fsp3) is 0.682. The van der Waals surface area contributed by atoms with E-state index < -0.39 is 57.8 Å². The number of phosphoric acid groups is 1. The minimum absolute atomic E-state index is 0.0389. The van der Waals surface area contributed by atoms with Crippen LogP contribution in [0.25, 0.3) is 0 Å². The van der Waals surface area contributed by atoms with Crippen molar-refractivity contribution in [1.82, 2.24) is 0 Å². The van der Waals surface area contributed by atoms with Crippen molar-refractivity contribution >= 4 is 25.7 Å². The van der Waals surface area contributed by atoms with Gasteiger partial charge < -0.3 is 24.2 Å². The highest BCUT2D eigenvalue weighted by Crippen LogP contribution is 2.43. The Labute approximate surface area is 475 Å². The van der Waals surface area contributed by atoms with Crippen LogP contribution >= 0.6 is 7.82 Å². The topological polar surface area (TPSA) is 155 Å². The number of hydrogen-bond acceptors (Lipinski definition) is 10. The Kier molecular flexibility index (Phi) is 56.3. The molecule has 0 aliphatic carbocycles. The van der Waals surface area contributed by atoms with Crippen LogP contribution in [0.2, 0.25) is 0 Å². The van der Waals surface area contributed by atoms with Gasteiger partial charge in [0.05, 0.1) is 19.8 Å². The zero-order chi connectivity index (χ0) is 56.9. The van der Waals surface area contributed by atoms with Crippen LogP contribution in [0.4, 0.5) is 0 Å². The summed E-state index contributed by atoms with van der Waals surface area (Å²) in [6, 6.07) is 0. The molecule has 0 aliphatic rings. The number of rotatable bonds is 56. The number of allylic oxidation sites excluding steroid dienone is 18. The molecule has 0 spiro atoms. The van der Waals surface area contributed by atoms with Crippen molar-refractivity contribution in [3.63, 3.8) is 0 Å². The summed E-state index contributed by atoms with van der Waals surface area (Å²) in [7, 11) is -4.78. The van der Waals surface area contributed by atoms with Gasteiger partial charge in [-0.15, -0.1) is 0 Å². The van der Waals surface area contributed by atoms with E-state index in [0.717, 1.165) is 109 Å². The number of carbonyl (C=O) groups is 3. The minimum Gasteiger partial charge on any atom is -0.462 e. The summed E-state index contributed by atoms with van der Waals surface area (Å²) in [5, 5.41) is 9.84. The number of aliphatic hydroxyl groups is 1. The fourth-order valence-corrected chi connectivity index (χ4v) is 8.89. The maximum absolute atomic E-state index is 12.9. The molecule has 78 heavy (non-hydrogen) atoms. The Morgan fingerprint density at radius 3 is 1.10 bits per heavy atom. The van der Waals surface area contributed by atoms with Crippen molar-refractivity contribution < 1.29 is 52.2 Å². The molecule has 11 nitrogen and oxygen atoms in total. The molecular weight excluding hydrogens is 1000 g/mol. The summed E-state index contributed by atoms with van der Waals surface area (Å²) < 4.78 is 39.5. The Hall–Kier alpha value is -3.86. The van der Waals surface area contributed by atoms with E-state index in [9.17, 15) is 28.9 Å². The lowest BCUT2D eigenvalue weighted by Crippen LogP contribution is -2.30. The van der Waals surface area contributed by atoms with Crippen LogP contribution in [0.15, 0.2) is 109 Å². The van der Waals surface area contributed by atoms with Gasteiger partial charge in [0.2, 0.25) is 0 Å². The highest BCUT2D eigenvalue weighted by Gasteiger charge is 2.28. The molecule has 0 aromatic rings. The maximum atomic E-state index is 12.9. The fourth-order valence-electron chi connectivity index (χ4n) is 8.10. The van der Waals surface area contributed by atoms with Gasteiger partial charge in [-0.05, 0) is 89.9 Å². The summed E-state index contributed by atoms with van der Waals surface area (Å²) in [4.78, 5) is 48.6. The normalized spacial score (nSPS) is 14.1. The summed E-state index contributed by atoms with van der Waals surface area (Å²) >= 11 is 0. The van der Waals surface area contributed by atoms with Crippen molar-refractivity contribution in [2.24, 2.45) is 0 Å². The molecule has 0 aromatic heterocycles. The molecule has 446 valence electrons. The van der Waals surface area contributed by atoms with Crippen molar-refractivity contribution in [1.29, 1.82) is 0 Å². The first-order chi connectivity index (χ1) is 38.2. The van der Waals surface area contributed by atoms with E-state index in [4.69, 9.17) is 23.3 Å². The Morgan fingerprint density at radius 2 is 0.692 bits per heavy atom. The predicted octanol–water partition coefficient (Wildman–Crippen LogP) is 18.6. The second kappa shape index (κ2) is 59.3. The first-order valence-electron chi connectivity index (χ1n) is 30.8. The molecule has 0 fully saturated rings. The third-order valence-corrected chi connectivity index (χ3v) is 13.7. The quantitative estimate of drug-likeness (QED) is 0.0197. The van der Waals surface area contributed by atoms with E-state index in [1.54, 1.807) is 0 Å². The first kappa shape index (κ1) is 74.1. The predicted molar refractivity (Wildman–Crippen MR) is 325 cm³/mol. The molecule has 0 rings (SSSR count). The molecule has 2 N–H and O–H groups in total. The van der Waals surface area contributed by atoms with Gasteiger partial charge in [0.25, 0.3) is 0 Å². The summed E-state index contributed by atoms with van der Waals surface area (Å²) in [5.41, 5.74) is 0. The molecule has 0 aliphatic heterocycles. The number of aliphatic hydroxyl groups excluding tert-OH is 1. The molecule has 0 saturated heterocycles. The largest absolute Gasteiger partial charge is 0.472 e. The zero-order valence-electron chi connectivity index (χ0n) is 49.3. The van der Waals surface area contributed by atoms with Crippen LogP contribution in [0.5, 0.6) is 0 Å². The third-order valence-electron chi connectivity index (χ3n) is 12.7. The van der Waals surface area contributed by atoms with Gasteiger partial charge in [-0.25, -0.2) is 4.57 Å². The van der Waals surface area contributed by atoms with Crippen molar-refractivity contribution in [3.05, 3.63) is 109 Å². The second-order valence-corrected chi connectivity index (χ2v) is 21.6. The average molecular weight is 1110 g/mol. The molecule has 0 aromatic carbocycles. The Morgan fingerprint density at radius 1 is 0.372 bits per heavy atom. The SMILES string of the molecule is CC/C=C\C/C=C\C/C=C\C/C=C\C/C=C\C/C=C\CCC(=O)OC(COC(=O)CCCCCCCCCCCCCCCCC)COP(=O)(O)OCC(CO)OC(=O)CCCCCCCCC/C=C\C/C=C\C/C=C\CC. The second-order valence-electron chi connectivity index (χ2n) is 20.1. The number of hydrogen-bond donors (Lipinski definition) is 2. The summed E-state index contributed by atoms with van der Waals surface area (Å²) in [6.45, 7) is 4.34. The van der Waals surface area contributed by atoms with Crippen molar-refractivity contribution in [3.8, 4) is 0 Å². The minimum atomic E-state index is -4.78. The monoisotopic (exact) mass is 1110 g/mol. The average Bonchev–Trinajstić information content (AvgIpc) is 3.43. The first-order valence-corrected chi connectivity index (χ1v) is 32.3. The number of unbranched alkanes of at least 4 members (excludes halogenated alkanes) is 21. The molecule has 0 amide bonds. The van der Waals surface area contributed by atoms with E-state index in [-0.39, 0.29) is 25.9 Å². The smallest absolute Gasteiger partial charge is 0.462 e. The number of phosphoric ester groups is 1. The number of carbonyl (C=O) groups excluding carboxylic acids is 3. The third kappa shape index (κ3) is 56.8. The molecular formula is C66H111O11P. The van der Waals surface area contributed by atoms with Crippen LogP contribution in [-0.2, 0) is 42.2 Å². The highest BCUT2D eigenvalue weighted by molar-refractivity contribution is 7.47. The van der Waals surface area contributed by atoms with E-state index >= 15 is 0 Å². The lowest BCUT2D eigenvalue weighted by Gasteiger charge is -2.21. The van der Waals surface area contributed by atoms with Crippen LogP contribution in [-0.4, -0.2) is 66.5 Å². The molecule has 3 unspecified atom stereocenters. The number of esters is 3. The lowest BCUT2D eigenvalue weighted by molar-refractivity contribution is -0.161. The van der Waals surface area contributed by atoms with Crippen LogP contribution in [0.1, 0.15) is 252 Å². The van der Waals surface area contributed by atoms with Crippen molar-refractivity contribution in [2.45, 2.75) is 264 Å². The maximum Gasteiger partial charge on any atom is 0.472 e. The zero-order valence-corrected chi connectivity index (χ0v) is 50.2. The molecule has 0 radical (unpaired) electrons. The van der Waals surface area contributed by atoms with E-state index in [1.807, 2.05) is 12.2 Å². The van der Waals surface area contributed by atoms with E-state index in [1.165, 1.54) is 77.0 Å². The molecule has 0 heterocycles. The van der Waals surface area contributed by atoms with Gasteiger partial charge in [-0.3, -0.25) is 23.4 Å². The van der Waals surface area contributed by atoms with Gasteiger partial charge in [0.15, 0.2) is 6.10 Å². The van der Waals surface area contributed by atoms with E-state index in [2.05, 4.69) is 118 Å². The molecule has 0 bridgehead atoms. The van der Waals surface area contributed by atoms with Crippen LogP contribution in [0, 0.1) is 0 Å². The van der Waals surface area contributed by atoms with Crippen molar-refractivity contribution in [2.75, 3.05) is 26.4 Å². The van der Waals surface area contributed by atoms with Crippen LogP contribution in [0.3, 0.4) is 0 Å². The van der Waals surface area contributed by atoms with E-state index in [0.29, 0.717) is 25.7 Å². The number of ether oxygens (including phenoxy) is 3. The Balaban J connectivity index is 4.81. The van der Waals surface area contributed by atoms with Gasteiger partial charge in [-0.2, -0.15) is 0 Å². The molecule has 0 saturated carbocycles.